The van der Waals surface area contributed by atoms with Crippen LogP contribution in [0.4, 0.5) is 4.39 Å². The molecule has 0 atom stereocenters. The molecule has 2 nitrogen and oxygen atoms in total. The molecular weight excluding hydrogens is 358 g/mol. The van der Waals surface area contributed by atoms with E-state index in [0.717, 1.165) is 17.1 Å². The molecular formula is C20H21Cl2FN2. The zero-order chi connectivity index (χ0) is 18.6. The predicted molar refractivity (Wildman–Crippen MR) is 103 cm³/mol. The highest BCUT2D eigenvalue weighted by Crippen LogP contribution is 2.34. The molecule has 0 saturated heterocycles. The van der Waals surface area contributed by atoms with Crippen molar-refractivity contribution in [3.05, 3.63) is 87.7 Å². The summed E-state index contributed by atoms with van der Waals surface area (Å²) in [7, 11) is 2.02. The van der Waals surface area contributed by atoms with Crippen molar-refractivity contribution in [3.8, 4) is 0 Å². The lowest BCUT2D eigenvalue weighted by Gasteiger charge is -2.26. The molecule has 0 aliphatic carbocycles. The van der Waals surface area contributed by atoms with Crippen LogP contribution in [0.5, 0.6) is 0 Å². The van der Waals surface area contributed by atoms with E-state index < -0.39 is 0 Å². The van der Waals surface area contributed by atoms with Crippen LogP contribution in [-0.2, 0) is 12.5 Å². The number of aryl methyl sites for hydroxylation is 1. The Balaban J connectivity index is 0.000000269. The molecule has 132 valence electrons. The maximum absolute atomic E-state index is 11.9. The molecule has 0 unspecified atom stereocenters. The minimum atomic E-state index is -0.178. The fourth-order valence-electron chi connectivity index (χ4n) is 2.53. The van der Waals surface area contributed by atoms with Crippen LogP contribution >= 0.6 is 23.2 Å². The van der Waals surface area contributed by atoms with Gasteiger partial charge in [0.15, 0.2) is 0 Å². The van der Waals surface area contributed by atoms with E-state index in [1.807, 2.05) is 38.4 Å². The minimum Gasteiger partial charge on any atom is -0.335 e. The van der Waals surface area contributed by atoms with Crippen LogP contribution in [0, 0.1) is 12.7 Å². The SMILES string of the molecule is Cc1ncc(C(C)(C)c2ccc(Cl)c(Cl)c2)n1C.Fc1ccccc1. The first kappa shape index (κ1) is 19.5. The third-order valence-corrected chi connectivity index (χ3v) is 4.97. The molecule has 0 radical (unpaired) electrons. The Morgan fingerprint density at radius 1 is 1.00 bits per heavy atom. The first-order valence-corrected chi connectivity index (χ1v) is 8.64. The van der Waals surface area contributed by atoms with E-state index in [2.05, 4.69) is 23.4 Å². The van der Waals surface area contributed by atoms with Crippen molar-refractivity contribution in [3.63, 3.8) is 0 Å². The number of nitrogens with zero attached hydrogens (tertiary/aromatic N) is 2. The zero-order valence-corrected chi connectivity index (χ0v) is 16.2. The maximum Gasteiger partial charge on any atom is 0.123 e. The molecule has 0 aliphatic heterocycles. The van der Waals surface area contributed by atoms with Crippen molar-refractivity contribution >= 4 is 23.2 Å². The molecule has 0 bridgehead atoms. The molecule has 1 aromatic heterocycles. The molecule has 1 heterocycles. The van der Waals surface area contributed by atoms with Crippen molar-refractivity contribution in [2.75, 3.05) is 0 Å². The lowest BCUT2D eigenvalue weighted by Crippen LogP contribution is -2.22. The van der Waals surface area contributed by atoms with Crippen molar-refractivity contribution < 1.29 is 4.39 Å². The molecule has 25 heavy (non-hydrogen) atoms. The van der Waals surface area contributed by atoms with E-state index in [1.165, 1.54) is 12.1 Å². The summed E-state index contributed by atoms with van der Waals surface area (Å²) in [5, 5.41) is 1.17. The molecule has 3 aromatic rings. The Bertz CT molecular complexity index is 842. The molecule has 0 fully saturated rings. The second kappa shape index (κ2) is 8.03. The van der Waals surface area contributed by atoms with Gasteiger partial charge in [-0.1, -0.05) is 61.3 Å². The molecule has 2 aromatic carbocycles. The van der Waals surface area contributed by atoms with E-state index in [0.29, 0.717) is 10.0 Å². The third-order valence-electron chi connectivity index (χ3n) is 4.24. The Labute approximate surface area is 158 Å². The summed E-state index contributed by atoms with van der Waals surface area (Å²) >= 11 is 12.1. The standard InChI is InChI=1S/C14H16Cl2N2.C6H5F/c1-9-17-8-13(18(9)4)14(2,3)10-5-6-11(15)12(16)7-10;7-6-4-2-1-3-5-6/h5-8H,1-4H3;1-5H. The highest BCUT2D eigenvalue weighted by molar-refractivity contribution is 6.42. The van der Waals surface area contributed by atoms with Gasteiger partial charge in [-0.15, -0.1) is 0 Å². The Morgan fingerprint density at radius 2 is 1.64 bits per heavy atom. The molecule has 0 spiro atoms. The van der Waals surface area contributed by atoms with Crippen LogP contribution in [0.15, 0.2) is 54.7 Å². The molecule has 5 heteroatoms. The van der Waals surface area contributed by atoms with Gasteiger partial charge in [0.2, 0.25) is 0 Å². The van der Waals surface area contributed by atoms with Crippen molar-refractivity contribution in [2.45, 2.75) is 26.2 Å². The summed E-state index contributed by atoms with van der Waals surface area (Å²) in [6.07, 6.45) is 1.91. The minimum absolute atomic E-state index is 0.162. The molecule has 0 aliphatic rings. The van der Waals surface area contributed by atoms with E-state index in [9.17, 15) is 4.39 Å². The molecule has 3 rings (SSSR count). The van der Waals surface area contributed by atoms with Crippen LogP contribution in [-0.4, -0.2) is 9.55 Å². The summed E-state index contributed by atoms with van der Waals surface area (Å²) in [6, 6.07) is 13.7. The van der Waals surface area contributed by atoms with Crippen molar-refractivity contribution in [1.82, 2.24) is 9.55 Å². The normalized spacial score (nSPS) is 11.0. The van der Waals surface area contributed by atoms with Gasteiger partial charge in [0.1, 0.15) is 11.6 Å². The second-order valence-electron chi connectivity index (χ2n) is 6.30. The maximum atomic E-state index is 11.9. The van der Waals surface area contributed by atoms with E-state index >= 15 is 0 Å². The summed E-state index contributed by atoms with van der Waals surface area (Å²) < 4.78 is 14.0. The quantitative estimate of drug-likeness (QED) is 0.519. The topological polar surface area (TPSA) is 17.8 Å². The van der Waals surface area contributed by atoms with Gasteiger partial charge in [-0.3, -0.25) is 0 Å². The van der Waals surface area contributed by atoms with Gasteiger partial charge in [-0.05, 0) is 36.8 Å². The van der Waals surface area contributed by atoms with Gasteiger partial charge >= 0.3 is 0 Å². The van der Waals surface area contributed by atoms with Crippen LogP contribution in [0.1, 0.15) is 30.9 Å². The fourth-order valence-corrected chi connectivity index (χ4v) is 2.83. The van der Waals surface area contributed by atoms with Crippen molar-refractivity contribution in [2.24, 2.45) is 7.05 Å². The van der Waals surface area contributed by atoms with E-state index in [4.69, 9.17) is 23.2 Å². The molecule has 0 amide bonds. The number of rotatable bonds is 2. The average molecular weight is 379 g/mol. The lowest BCUT2D eigenvalue weighted by molar-refractivity contribution is 0.580. The van der Waals surface area contributed by atoms with Gasteiger partial charge in [-0.25, -0.2) is 9.37 Å². The number of hydrogen-bond acceptors (Lipinski definition) is 1. The largest absolute Gasteiger partial charge is 0.335 e. The average Bonchev–Trinajstić information content (AvgIpc) is 2.91. The summed E-state index contributed by atoms with van der Waals surface area (Å²) in [6.45, 7) is 6.31. The first-order chi connectivity index (χ1) is 11.7. The fraction of sp³-hybridized carbons (Fsp3) is 0.250. The number of hydrogen-bond donors (Lipinski definition) is 0. The summed E-state index contributed by atoms with van der Waals surface area (Å²) in [5.41, 5.74) is 2.11. The number of imidazole rings is 1. The van der Waals surface area contributed by atoms with Crippen molar-refractivity contribution in [1.29, 1.82) is 0 Å². The van der Waals surface area contributed by atoms with Gasteiger partial charge < -0.3 is 4.57 Å². The van der Waals surface area contributed by atoms with E-state index in [1.54, 1.807) is 18.2 Å². The number of benzene rings is 2. The van der Waals surface area contributed by atoms with E-state index in [-0.39, 0.29) is 11.2 Å². The summed E-state index contributed by atoms with van der Waals surface area (Å²) in [5.74, 6) is 0.820. The Kier molecular flexibility index (Phi) is 6.26. The number of aromatic nitrogens is 2. The van der Waals surface area contributed by atoms with Gasteiger partial charge in [0.25, 0.3) is 0 Å². The van der Waals surface area contributed by atoms with Gasteiger partial charge in [0, 0.05) is 24.4 Å². The van der Waals surface area contributed by atoms with Crippen LogP contribution in [0.2, 0.25) is 10.0 Å². The highest BCUT2D eigenvalue weighted by atomic mass is 35.5. The zero-order valence-electron chi connectivity index (χ0n) is 14.7. The monoisotopic (exact) mass is 378 g/mol. The van der Waals surface area contributed by atoms with Crippen LogP contribution in [0.3, 0.4) is 0 Å². The third kappa shape index (κ3) is 4.62. The molecule has 0 N–H and O–H groups in total. The van der Waals surface area contributed by atoms with Crippen LogP contribution < -0.4 is 0 Å². The Hall–Kier alpha value is -1.84. The summed E-state index contributed by atoms with van der Waals surface area (Å²) in [4.78, 5) is 4.35. The van der Waals surface area contributed by atoms with Gasteiger partial charge in [-0.2, -0.15) is 0 Å². The highest BCUT2D eigenvalue weighted by Gasteiger charge is 2.27. The Morgan fingerprint density at radius 3 is 2.08 bits per heavy atom. The van der Waals surface area contributed by atoms with Gasteiger partial charge in [0.05, 0.1) is 10.0 Å². The predicted octanol–water partition coefficient (Wildman–Crippen LogP) is 6.19. The smallest absolute Gasteiger partial charge is 0.123 e. The second-order valence-corrected chi connectivity index (χ2v) is 7.11. The first-order valence-electron chi connectivity index (χ1n) is 7.88. The lowest BCUT2D eigenvalue weighted by atomic mass is 9.82. The molecule has 0 saturated carbocycles. The number of halogens is 3. The van der Waals surface area contributed by atoms with Crippen LogP contribution in [0.25, 0.3) is 0 Å².